The van der Waals surface area contributed by atoms with Crippen molar-refractivity contribution in [2.45, 2.75) is 6.92 Å². The highest BCUT2D eigenvalue weighted by Crippen LogP contribution is 2.13. The smallest absolute Gasteiger partial charge is 0.338 e. The van der Waals surface area contributed by atoms with E-state index in [4.69, 9.17) is 9.15 Å². The van der Waals surface area contributed by atoms with Crippen molar-refractivity contribution in [2.75, 3.05) is 17.2 Å². The molecule has 2 amide bonds. The molecule has 0 atom stereocenters. The zero-order valence-corrected chi connectivity index (χ0v) is 16.0. The number of anilines is 2. The van der Waals surface area contributed by atoms with Crippen molar-refractivity contribution in [3.8, 4) is 0 Å². The molecule has 0 fully saturated rings. The van der Waals surface area contributed by atoms with E-state index in [1.54, 1.807) is 24.3 Å². The number of hydrogen-bond donors (Lipinski definition) is 2. The molecule has 8 nitrogen and oxygen atoms in total. The number of ether oxygens (including phenoxy) is 1. The third-order valence-corrected chi connectivity index (χ3v) is 4.01. The lowest BCUT2D eigenvalue weighted by molar-refractivity contribution is -0.119. The lowest BCUT2D eigenvalue weighted by Gasteiger charge is -2.08. The molecule has 8 heteroatoms. The van der Waals surface area contributed by atoms with Gasteiger partial charge in [0.15, 0.2) is 18.2 Å². The summed E-state index contributed by atoms with van der Waals surface area (Å²) in [7, 11) is 0. The standard InChI is InChI=1S/C22H18N2O6/c1-14(25)16-4-2-5-18(12-16)23-20(26)13-30-22(28)15-7-9-17(10-8-15)24-21(27)19-6-3-11-29-19/h2-12H,13H2,1H3,(H,23,26)(H,24,27). The quantitative estimate of drug-likeness (QED) is 0.458. The summed E-state index contributed by atoms with van der Waals surface area (Å²) in [5, 5.41) is 5.19. The first-order chi connectivity index (χ1) is 14.4. The number of carbonyl (C=O) groups is 4. The second kappa shape index (κ2) is 9.33. The van der Waals surface area contributed by atoms with Crippen LogP contribution in [0.5, 0.6) is 0 Å². The topological polar surface area (TPSA) is 115 Å². The van der Waals surface area contributed by atoms with Crippen LogP contribution in [0.25, 0.3) is 0 Å². The molecule has 1 heterocycles. The van der Waals surface area contributed by atoms with Gasteiger partial charge in [-0.3, -0.25) is 14.4 Å². The molecule has 3 rings (SSSR count). The van der Waals surface area contributed by atoms with Gasteiger partial charge in [0.05, 0.1) is 11.8 Å². The lowest BCUT2D eigenvalue weighted by atomic mass is 10.1. The molecule has 30 heavy (non-hydrogen) atoms. The molecule has 0 bridgehead atoms. The van der Waals surface area contributed by atoms with Crippen molar-refractivity contribution in [1.29, 1.82) is 0 Å². The lowest BCUT2D eigenvalue weighted by Crippen LogP contribution is -2.21. The van der Waals surface area contributed by atoms with Crippen molar-refractivity contribution >= 4 is 34.9 Å². The fraction of sp³-hybridized carbons (Fsp3) is 0.0909. The van der Waals surface area contributed by atoms with Crippen LogP contribution in [0.2, 0.25) is 0 Å². The Morgan fingerprint density at radius 1 is 0.867 bits per heavy atom. The Balaban J connectivity index is 1.51. The van der Waals surface area contributed by atoms with Gasteiger partial charge in [-0.05, 0) is 55.5 Å². The summed E-state index contributed by atoms with van der Waals surface area (Å²) in [6.07, 6.45) is 1.39. The van der Waals surface area contributed by atoms with E-state index in [-0.39, 0.29) is 17.1 Å². The number of esters is 1. The van der Waals surface area contributed by atoms with Crippen LogP contribution in [0.15, 0.2) is 71.3 Å². The Labute approximate surface area is 171 Å². The Morgan fingerprint density at radius 3 is 2.30 bits per heavy atom. The van der Waals surface area contributed by atoms with Crippen molar-refractivity contribution < 1.29 is 28.3 Å². The highest BCUT2D eigenvalue weighted by molar-refractivity contribution is 6.02. The summed E-state index contributed by atoms with van der Waals surface area (Å²) in [6, 6.07) is 15.6. The first-order valence-electron chi connectivity index (χ1n) is 8.95. The van der Waals surface area contributed by atoms with Crippen LogP contribution in [-0.2, 0) is 9.53 Å². The molecule has 0 aliphatic rings. The van der Waals surface area contributed by atoms with Gasteiger partial charge in [-0.25, -0.2) is 4.79 Å². The van der Waals surface area contributed by atoms with E-state index in [9.17, 15) is 19.2 Å². The monoisotopic (exact) mass is 406 g/mol. The summed E-state index contributed by atoms with van der Waals surface area (Å²) in [6.45, 7) is 0.941. The summed E-state index contributed by atoms with van der Waals surface area (Å²) in [5.41, 5.74) is 1.58. The van der Waals surface area contributed by atoms with E-state index in [0.29, 0.717) is 16.9 Å². The molecule has 0 saturated carbocycles. The summed E-state index contributed by atoms with van der Waals surface area (Å²) < 4.78 is 10.0. The minimum atomic E-state index is -0.688. The fourth-order valence-corrected chi connectivity index (χ4v) is 2.52. The van der Waals surface area contributed by atoms with Gasteiger partial charge >= 0.3 is 5.97 Å². The number of furan rings is 1. The molecule has 2 aromatic carbocycles. The molecular weight excluding hydrogens is 388 g/mol. The van der Waals surface area contributed by atoms with Gasteiger partial charge < -0.3 is 19.8 Å². The largest absolute Gasteiger partial charge is 0.459 e. The predicted octanol–water partition coefficient (Wildman–Crippen LogP) is 3.53. The highest BCUT2D eigenvalue weighted by atomic mass is 16.5. The van der Waals surface area contributed by atoms with Crippen LogP contribution < -0.4 is 10.6 Å². The van der Waals surface area contributed by atoms with Crippen LogP contribution in [0.4, 0.5) is 11.4 Å². The Hall–Kier alpha value is -4.20. The number of rotatable bonds is 7. The van der Waals surface area contributed by atoms with Gasteiger partial charge in [-0.1, -0.05) is 12.1 Å². The fourth-order valence-electron chi connectivity index (χ4n) is 2.52. The second-order valence-electron chi connectivity index (χ2n) is 6.27. The van der Waals surface area contributed by atoms with Crippen molar-refractivity contribution in [3.05, 3.63) is 83.8 Å². The highest BCUT2D eigenvalue weighted by Gasteiger charge is 2.12. The maximum atomic E-state index is 12.1. The number of nitrogens with one attached hydrogen (secondary N) is 2. The predicted molar refractivity (Wildman–Crippen MR) is 108 cm³/mol. The van der Waals surface area contributed by atoms with E-state index < -0.39 is 24.4 Å². The van der Waals surface area contributed by atoms with Crippen LogP contribution in [-0.4, -0.2) is 30.2 Å². The van der Waals surface area contributed by atoms with Gasteiger partial charge in [0.2, 0.25) is 0 Å². The molecule has 0 spiro atoms. The molecule has 1 aromatic heterocycles. The van der Waals surface area contributed by atoms with Crippen molar-refractivity contribution in [2.24, 2.45) is 0 Å². The zero-order chi connectivity index (χ0) is 21.5. The number of benzene rings is 2. The molecule has 0 aliphatic heterocycles. The van der Waals surface area contributed by atoms with E-state index in [0.717, 1.165) is 0 Å². The van der Waals surface area contributed by atoms with Gasteiger partial charge in [0.1, 0.15) is 0 Å². The summed E-state index contributed by atoms with van der Waals surface area (Å²) in [5.74, 6) is -1.60. The van der Waals surface area contributed by atoms with Crippen LogP contribution in [0.1, 0.15) is 38.2 Å². The third-order valence-electron chi connectivity index (χ3n) is 4.01. The first-order valence-corrected chi connectivity index (χ1v) is 8.95. The molecular formula is C22H18N2O6. The van der Waals surface area contributed by atoms with Crippen LogP contribution in [0, 0.1) is 0 Å². The average molecular weight is 406 g/mol. The molecule has 0 unspecified atom stereocenters. The normalized spacial score (nSPS) is 10.2. The number of hydrogen-bond acceptors (Lipinski definition) is 6. The SMILES string of the molecule is CC(=O)c1cccc(NC(=O)COC(=O)c2ccc(NC(=O)c3ccco3)cc2)c1. The van der Waals surface area contributed by atoms with E-state index in [1.165, 1.54) is 49.6 Å². The Bertz CT molecular complexity index is 1070. The Morgan fingerprint density at radius 2 is 1.63 bits per heavy atom. The number of ketones is 1. The number of amides is 2. The van der Waals surface area contributed by atoms with Gasteiger partial charge in [0.25, 0.3) is 11.8 Å². The van der Waals surface area contributed by atoms with Crippen LogP contribution >= 0.6 is 0 Å². The van der Waals surface area contributed by atoms with Crippen molar-refractivity contribution in [3.63, 3.8) is 0 Å². The molecule has 2 N–H and O–H groups in total. The van der Waals surface area contributed by atoms with Gasteiger partial charge in [-0.15, -0.1) is 0 Å². The molecule has 0 aliphatic carbocycles. The van der Waals surface area contributed by atoms with E-state index in [1.807, 2.05) is 0 Å². The van der Waals surface area contributed by atoms with E-state index in [2.05, 4.69) is 10.6 Å². The van der Waals surface area contributed by atoms with Crippen LogP contribution in [0.3, 0.4) is 0 Å². The summed E-state index contributed by atoms with van der Waals surface area (Å²) >= 11 is 0. The first kappa shape index (κ1) is 20.5. The molecule has 0 radical (unpaired) electrons. The molecule has 3 aromatic rings. The second-order valence-corrected chi connectivity index (χ2v) is 6.27. The van der Waals surface area contributed by atoms with Gasteiger partial charge in [-0.2, -0.15) is 0 Å². The van der Waals surface area contributed by atoms with Gasteiger partial charge in [0, 0.05) is 16.9 Å². The van der Waals surface area contributed by atoms with Crippen molar-refractivity contribution in [1.82, 2.24) is 0 Å². The number of Topliss-reactive ketones (excluding diaryl/α,β-unsaturated/α-hetero) is 1. The molecule has 152 valence electrons. The Kier molecular flexibility index (Phi) is 6.39. The maximum absolute atomic E-state index is 12.1. The maximum Gasteiger partial charge on any atom is 0.338 e. The average Bonchev–Trinajstić information content (AvgIpc) is 3.28. The van der Waals surface area contributed by atoms with E-state index >= 15 is 0 Å². The number of carbonyl (C=O) groups excluding carboxylic acids is 4. The minimum absolute atomic E-state index is 0.124. The summed E-state index contributed by atoms with van der Waals surface area (Å²) in [4.78, 5) is 47.4. The zero-order valence-electron chi connectivity index (χ0n) is 16.0. The third kappa shape index (κ3) is 5.41. The molecule has 0 saturated heterocycles. The minimum Gasteiger partial charge on any atom is -0.459 e.